The molecule has 3 nitrogen and oxygen atoms in total. The van der Waals surface area contributed by atoms with E-state index in [1.54, 1.807) is 12.1 Å². The number of nitrogens with one attached hydrogen (secondary N) is 1. The van der Waals surface area contributed by atoms with Crippen molar-refractivity contribution in [3.63, 3.8) is 0 Å². The molecule has 0 aliphatic heterocycles. The molecule has 3 rings (SSSR count). The molecular formula is C24H28NO2PS. The molecule has 0 aliphatic carbocycles. The first-order valence-electron chi connectivity index (χ1n) is 9.95. The molecule has 0 spiro atoms. The smallest absolute Gasteiger partial charge is 0.207 e. The van der Waals surface area contributed by atoms with Gasteiger partial charge in [0.15, 0.2) is 0 Å². The number of hydrogen-bond acceptors (Lipinski definition) is 2. The van der Waals surface area contributed by atoms with E-state index in [-0.39, 0.29) is 0 Å². The van der Waals surface area contributed by atoms with Crippen LogP contribution in [0.25, 0.3) is 0 Å². The highest BCUT2D eigenvalue weighted by atomic mass is 32.2. The minimum atomic E-state index is -3.65. The minimum Gasteiger partial charge on any atom is -0.207 e. The predicted octanol–water partition coefficient (Wildman–Crippen LogP) is 4.97. The van der Waals surface area contributed by atoms with Crippen LogP contribution in [0.1, 0.15) is 36.5 Å². The van der Waals surface area contributed by atoms with Crippen molar-refractivity contribution in [2.75, 3.05) is 0 Å². The SMILES string of the molecule is CCCCc1ccc(S(=O)(=O)NP(c2ccccc2C)c2ccccc2C)cc1. The largest absolute Gasteiger partial charge is 0.244 e. The van der Waals surface area contributed by atoms with E-state index in [0.29, 0.717) is 4.90 Å². The van der Waals surface area contributed by atoms with Crippen molar-refractivity contribution in [2.24, 2.45) is 0 Å². The van der Waals surface area contributed by atoms with Crippen LogP contribution in [0.3, 0.4) is 0 Å². The molecular weight excluding hydrogens is 397 g/mol. The summed E-state index contributed by atoms with van der Waals surface area (Å²) >= 11 is 0. The highest BCUT2D eigenvalue weighted by Crippen LogP contribution is 2.34. The Morgan fingerprint density at radius 3 is 1.79 bits per heavy atom. The second-order valence-electron chi connectivity index (χ2n) is 7.25. The second-order valence-corrected chi connectivity index (χ2v) is 11.1. The van der Waals surface area contributed by atoms with E-state index in [2.05, 4.69) is 11.4 Å². The quantitative estimate of drug-likeness (QED) is 0.518. The Kier molecular flexibility index (Phi) is 7.23. The number of benzene rings is 3. The summed E-state index contributed by atoms with van der Waals surface area (Å²) in [5.74, 6) is 0. The lowest BCUT2D eigenvalue weighted by atomic mass is 10.1. The molecule has 0 fully saturated rings. The fourth-order valence-corrected chi connectivity index (χ4v) is 7.49. The molecule has 0 saturated carbocycles. The van der Waals surface area contributed by atoms with Gasteiger partial charge in [-0.3, -0.25) is 0 Å². The van der Waals surface area contributed by atoms with Crippen LogP contribution < -0.4 is 15.1 Å². The third kappa shape index (κ3) is 5.33. The molecule has 152 valence electrons. The lowest BCUT2D eigenvalue weighted by Gasteiger charge is -2.23. The summed E-state index contributed by atoms with van der Waals surface area (Å²) in [6, 6.07) is 23.3. The second kappa shape index (κ2) is 9.67. The molecule has 0 heterocycles. The van der Waals surface area contributed by atoms with E-state index in [9.17, 15) is 8.42 Å². The first kappa shape index (κ1) is 21.7. The highest BCUT2D eigenvalue weighted by molar-refractivity contribution is 7.97. The molecule has 3 aromatic carbocycles. The summed E-state index contributed by atoms with van der Waals surface area (Å²) in [5.41, 5.74) is 3.34. The van der Waals surface area contributed by atoms with Gasteiger partial charge in [-0.1, -0.05) is 74.0 Å². The van der Waals surface area contributed by atoms with Gasteiger partial charge < -0.3 is 0 Å². The number of hydrogen-bond donors (Lipinski definition) is 1. The van der Waals surface area contributed by atoms with Gasteiger partial charge in [0.05, 0.1) is 4.90 Å². The Balaban J connectivity index is 1.97. The average Bonchev–Trinajstić information content (AvgIpc) is 2.72. The van der Waals surface area contributed by atoms with Gasteiger partial charge in [0.1, 0.15) is 0 Å². The summed E-state index contributed by atoms with van der Waals surface area (Å²) in [7, 11) is -4.91. The zero-order valence-corrected chi connectivity index (χ0v) is 18.9. The standard InChI is InChI=1S/C24H28NO2PS/c1-4-5-12-21-15-17-22(18-16-21)29(26,27)25-28(23-13-8-6-10-19(23)2)24-14-9-7-11-20(24)3/h6-11,13-18,25H,4-5,12H2,1-3H3. The maximum Gasteiger partial charge on any atom is 0.244 e. The first-order chi connectivity index (χ1) is 13.9. The average molecular weight is 426 g/mol. The van der Waals surface area contributed by atoms with E-state index >= 15 is 0 Å². The van der Waals surface area contributed by atoms with E-state index in [0.717, 1.165) is 41.0 Å². The summed E-state index contributed by atoms with van der Waals surface area (Å²) < 4.78 is 29.5. The Labute approximate surface area is 176 Å². The zero-order valence-electron chi connectivity index (χ0n) is 17.2. The van der Waals surface area contributed by atoms with Gasteiger partial charge in [0, 0.05) is 8.07 Å². The molecule has 1 N–H and O–H groups in total. The number of unbranched alkanes of at least 4 members (excludes halogenated alkanes) is 1. The molecule has 0 amide bonds. The van der Waals surface area contributed by atoms with Crippen molar-refractivity contribution in [2.45, 2.75) is 44.9 Å². The lowest BCUT2D eigenvalue weighted by molar-refractivity contribution is 0.594. The monoisotopic (exact) mass is 425 g/mol. The van der Waals surface area contributed by atoms with Crippen molar-refractivity contribution < 1.29 is 8.42 Å². The topological polar surface area (TPSA) is 46.2 Å². The van der Waals surface area contributed by atoms with E-state index in [1.165, 1.54) is 5.56 Å². The molecule has 0 bridgehead atoms. The van der Waals surface area contributed by atoms with Crippen LogP contribution in [-0.2, 0) is 16.4 Å². The van der Waals surface area contributed by atoms with Crippen molar-refractivity contribution >= 4 is 28.7 Å². The van der Waals surface area contributed by atoms with Crippen LogP contribution in [0.15, 0.2) is 77.7 Å². The lowest BCUT2D eigenvalue weighted by Crippen LogP contribution is -2.30. The van der Waals surface area contributed by atoms with Crippen LogP contribution in [-0.4, -0.2) is 8.42 Å². The van der Waals surface area contributed by atoms with Crippen LogP contribution in [0, 0.1) is 13.8 Å². The minimum absolute atomic E-state index is 0.312. The Morgan fingerprint density at radius 2 is 1.31 bits per heavy atom. The van der Waals surface area contributed by atoms with Gasteiger partial charge in [0.25, 0.3) is 0 Å². The van der Waals surface area contributed by atoms with Crippen molar-refractivity contribution in [1.29, 1.82) is 0 Å². The molecule has 0 saturated heterocycles. The van der Waals surface area contributed by atoms with Crippen molar-refractivity contribution in [3.8, 4) is 0 Å². The Bertz CT molecular complexity index is 1020. The summed E-state index contributed by atoms with van der Waals surface area (Å²) in [6.45, 7) is 6.21. The number of aryl methyl sites for hydroxylation is 3. The fraction of sp³-hybridized carbons (Fsp3) is 0.250. The molecule has 0 aliphatic rings. The maximum atomic E-state index is 13.2. The van der Waals surface area contributed by atoms with Crippen LogP contribution in [0.5, 0.6) is 0 Å². The molecule has 0 atom stereocenters. The maximum absolute atomic E-state index is 13.2. The van der Waals surface area contributed by atoms with Gasteiger partial charge in [-0.15, -0.1) is 0 Å². The summed E-state index contributed by atoms with van der Waals surface area (Å²) in [5, 5.41) is 2.06. The van der Waals surface area contributed by atoms with E-state index in [4.69, 9.17) is 0 Å². The fourth-order valence-electron chi connectivity index (χ4n) is 3.25. The third-order valence-corrected chi connectivity index (χ3v) is 9.53. The Hall–Kier alpha value is -2.00. The first-order valence-corrected chi connectivity index (χ1v) is 12.8. The zero-order chi connectivity index (χ0) is 20.9. The third-order valence-electron chi connectivity index (χ3n) is 4.98. The van der Waals surface area contributed by atoms with Gasteiger partial charge in [-0.2, -0.15) is 4.49 Å². The highest BCUT2D eigenvalue weighted by Gasteiger charge is 2.25. The van der Waals surface area contributed by atoms with Crippen LogP contribution in [0.2, 0.25) is 0 Å². The van der Waals surface area contributed by atoms with Gasteiger partial charge >= 0.3 is 0 Å². The van der Waals surface area contributed by atoms with Gasteiger partial charge in [-0.05, 0) is 66.1 Å². The summed E-state index contributed by atoms with van der Waals surface area (Å²) in [6.07, 6.45) is 3.21. The van der Waals surface area contributed by atoms with Crippen LogP contribution >= 0.6 is 8.07 Å². The van der Waals surface area contributed by atoms with Crippen molar-refractivity contribution in [1.82, 2.24) is 4.49 Å². The summed E-state index contributed by atoms with van der Waals surface area (Å²) in [4.78, 5) is 0.312. The molecule has 0 aromatic heterocycles. The van der Waals surface area contributed by atoms with Gasteiger partial charge in [0.2, 0.25) is 10.0 Å². The molecule has 29 heavy (non-hydrogen) atoms. The normalized spacial score (nSPS) is 11.7. The molecule has 0 unspecified atom stereocenters. The molecule has 5 heteroatoms. The van der Waals surface area contributed by atoms with Gasteiger partial charge in [-0.25, -0.2) is 8.42 Å². The molecule has 3 aromatic rings. The van der Waals surface area contributed by atoms with Crippen LogP contribution in [0.4, 0.5) is 0 Å². The predicted molar refractivity (Wildman–Crippen MR) is 124 cm³/mol. The van der Waals surface area contributed by atoms with E-state index < -0.39 is 18.1 Å². The van der Waals surface area contributed by atoms with Crippen molar-refractivity contribution in [3.05, 3.63) is 89.5 Å². The molecule has 0 radical (unpaired) electrons. The number of rotatable bonds is 8. The van der Waals surface area contributed by atoms with E-state index in [1.807, 2.05) is 74.5 Å². The number of sulfonamides is 1. The Morgan fingerprint density at radius 1 is 0.793 bits per heavy atom.